The van der Waals surface area contributed by atoms with Crippen molar-refractivity contribution >= 4 is 23.2 Å². The Morgan fingerprint density at radius 1 is 1.27 bits per heavy atom. The van der Waals surface area contributed by atoms with E-state index in [9.17, 15) is 9.59 Å². The summed E-state index contributed by atoms with van der Waals surface area (Å²) < 4.78 is 4.84. The molecule has 0 bridgehead atoms. The van der Waals surface area contributed by atoms with Gasteiger partial charge in [0, 0.05) is 19.0 Å². The van der Waals surface area contributed by atoms with Crippen molar-refractivity contribution in [2.75, 3.05) is 13.1 Å². The van der Waals surface area contributed by atoms with Gasteiger partial charge in [0.1, 0.15) is 11.1 Å². The van der Waals surface area contributed by atoms with Crippen LogP contribution in [0.3, 0.4) is 0 Å². The predicted octanol–water partition coefficient (Wildman–Crippen LogP) is 2.33. The fraction of sp³-hybridized carbons (Fsp3) is 0.400. The number of nitrogens with zero attached hydrogens (tertiary/aromatic N) is 1. The highest BCUT2D eigenvalue weighted by Crippen LogP contribution is 2.24. The summed E-state index contributed by atoms with van der Waals surface area (Å²) in [5, 5.41) is 6.44. The van der Waals surface area contributed by atoms with Crippen LogP contribution in [0.25, 0.3) is 0 Å². The average Bonchev–Trinajstić information content (AvgIpc) is 3.12. The topological polar surface area (TPSA) is 84.2 Å². The Balaban J connectivity index is 1.79. The van der Waals surface area contributed by atoms with E-state index in [1.54, 1.807) is 6.07 Å². The fourth-order valence-electron chi connectivity index (χ4n) is 1.80. The van der Waals surface area contributed by atoms with Crippen LogP contribution in [0.1, 0.15) is 50.5 Å². The molecule has 7 heteroatoms. The molecule has 0 aliphatic carbocycles. The summed E-state index contributed by atoms with van der Waals surface area (Å²) in [5.74, 6) is -0.0713. The lowest BCUT2D eigenvalue weighted by atomic mass is 10.2. The number of amides is 2. The van der Waals surface area contributed by atoms with Crippen LogP contribution in [0.4, 0.5) is 0 Å². The van der Waals surface area contributed by atoms with Gasteiger partial charge in [-0.1, -0.05) is 13.8 Å². The summed E-state index contributed by atoms with van der Waals surface area (Å²) in [6.07, 6.45) is 2.82. The zero-order chi connectivity index (χ0) is 16.1. The lowest BCUT2D eigenvalue weighted by molar-refractivity contribution is 0.0929. The molecule has 0 fully saturated rings. The zero-order valence-corrected chi connectivity index (χ0v) is 13.6. The first-order valence-corrected chi connectivity index (χ1v) is 7.86. The van der Waals surface area contributed by atoms with Gasteiger partial charge in [-0.3, -0.25) is 9.59 Å². The Morgan fingerprint density at radius 2 is 1.95 bits per heavy atom. The van der Waals surface area contributed by atoms with Crippen molar-refractivity contribution < 1.29 is 14.0 Å². The number of carbonyl (C=O) groups excluding carboxylic acids is 2. The number of hydrogen-bond donors (Lipinski definition) is 2. The summed E-state index contributed by atoms with van der Waals surface area (Å²) in [5.41, 5.74) is 1.21. The number of aryl methyl sites for hydroxylation is 1. The van der Waals surface area contributed by atoms with Crippen molar-refractivity contribution in [3.63, 3.8) is 0 Å². The van der Waals surface area contributed by atoms with Gasteiger partial charge < -0.3 is 15.1 Å². The second-order valence-electron chi connectivity index (χ2n) is 5.15. The van der Waals surface area contributed by atoms with Crippen LogP contribution in [0.2, 0.25) is 0 Å². The molecule has 2 N–H and O–H groups in total. The van der Waals surface area contributed by atoms with Gasteiger partial charge in [-0.25, -0.2) is 4.98 Å². The predicted molar refractivity (Wildman–Crippen MR) is 84.3 cm³/mol. The zero-order valence-electron chi connectivity index (χ0n) is 12.8. The van der Waals surface area contributed by atoms with Crippen molar-refractivity contribution in [2.24, 2.45) is 0 Å². The fourth-order valence-corrected chi connectivity index (χ4v) is 2.79. The largest absolute Gasteiger partial charge is 0.472 e. The molecular weight excluding hydrogens is 302 g/mol. The van der Waals surface area contributed by atoms with Gasteiger partial charge in [0.25, 0.3) is 11.8 Å². The van der Waals surface area contributed by atoms with E-state index in [1.165, 1.54) is 23.9 Å². The Labute approximate surface area is 132 Å². The van der Waals surface area contributed by atoms with Gasteiger partial charge >= 0.3 is 0 Å². The Hall–Kier alpha value is -2.15. The third-order valence-corrected chi connectivity index (χ3v) is 4.45. The molecule has 2 aromatic heterocycles. The van der Waals surface area contributed by atoms with E-state index in [0.29, 0.717) is 29.4 Å². The standard InChI is InChI=1S/C15H19N3O3S/c1-9(2)15-18-10(3)12(22-15)14(20)17-6-5-16-13(19)11-4-7-21-8-11/h4,7-9H,5-6H2,1-3H3,(H,16,19)(H,17,20). The average molecular weight is 321 g/mol. The van der Waals surface area contributed by atoms with E-state index < -0.39 is 0 Å². The van der Waals surface area contributed by atoms with Crippen molar-refractivity contribution in [1.29, 1.82) is 0 Å². The summed E-state index contributed by atoms with van der Waals surface area (Å²) in [4.78, 5) is 28.8. The van der Waals surface area contributed by atoms with Crippen molar-refractivity contribution in [3.8, 4) is 0 Å². The maximum Gasteiger partial charge on any atom is 0.263 e. The second-order valence-corrected chi connectivity index (χ2v) is 6.18. The quantitative estimate of drug-likeness (QED) is 0.800. The van der Waals surface area contributed by atoms with Gasteiger partial charge in [0.05, 0.1) is 22.5 Å². The third-order valence-electron chi connectivity index (χ3n) is 2.99. The van der Waals surface area contributed by atoms with E-state index in [1.807, 2.05) is 20.8 Å². The molecule has 0 aromatic carbocycles. The highest BCUT2D eigenvalue weighted by atomic mass is 32.1. The van der Waals surface area contributed by atoms with Crippen LogP contribution in [0.5, 0.6) is 0 Å². The molecule has 22 heavy (non-hydrogen) atoms. The normalized spacial score (nSPS) is 10.7. The van der Waals surface area contributed by atoms with E-state index >= 15 is 0 Å². The number of hydrogen-bond acceptors (Lipinski definition) is 5. The van der Waals surface area contributed by atoms with E-state index in [4.69, 9.17) is 4.42 Å². The molecule has 2 rings (SSSR count). The molecular formula is C15H19N3O3S. The number of rotatable bonds is 6. The molecule has 0 atom stereocenters. The number of aromatic nitrogens is 1. The molecule has 2 amide bonds. The Kier molecular flexibility index (Phi) is 5.32. The van der Waals surface area contributed by atoms with Crippen LogP contribution in [-0.2, 0) is 0 Å². The van der Waals surface area contributed by atoms with Crippen molar-refractivity contribution in [1.82, 2.24) is 15.6 Å². The SMILES string of the molecule is Cc1nc(C(C)C)sc1C(=O)NCCNC(=O)c1ccoc1. The summed E-state index contributed by atoms with van der Waals surface area (Å²) >= 11 is 1.42. The van der Waals surface area contributed by atoms with E-state index in [2.05, 4.69) is 15.6 Å². The molecule has 2 heterocycles. The molecule has 0 saturated carbocycles. The minimum atomic E-state index is -0.223. The Bertz CT molecular complexity index is 647. The highest BCUT2D eigenvalue weighted by molar-refractivity contribution is 7.13. The smallest absolute Gasteiger partial charge is 0.263 e. The van der Waals surface area contributed by atoms with Crippen LogP contribution in [0, 0.1) is 6.92 Å². The molecule has 0 saturated heterocycles. The highest BCUT2D eigenvalue weighted by Gasteiger charge is 2.16. The van der Waals surface area contributed by atoms with Gasteiger partial charge in [0.15, 0.2) is 0 Å². The minimum absolute atomic E-state index is 0.153. The van der Waals surface area contributed by atoms with Gasteiger partial charge in [0.2, 0.25) is 0 Å². The molecule has 2 aromatic rings. The first-order valence-electron chi connectivity index (χ1n) is 7.05. The number of thiazole rings is 1. The van der Waals surface area contributed by atoms with Crippen LogP contribution in [0.15, 0.2) is 23.0 Å². The maximum atomic E-state index is 12.1. The molecule has 0 spiro atoms. The van der Waals surface area contributed by atoms with Crippen molar-refractivity contribution in [3.05, 3.63) is 39.7 Å². The molecule has 6 nitrogen and oxygen atoms in total. The lowest BCUT2D eigenvalue weighted by Gasteiger charge is -2.05. The van der Waals surface area contributed by atoms with E-state index in [0.717, 1.165) is 10.7 Å². The van der Waals surface area contributed by atoms with Gasteiger partial charge in [-0.2, -0.15) is 0 Å². The van der Waals surface area contributed by atoms with Crippen LogP contribution >= 0.6 is 11.3 Å². The first-order chi connectivity index (χ1) is 10.5. The summed E-state index contributed by atoms with van der Waals surface area (Å²) in [6, 6.07) is 1.59. The molecule has 118 valence electrons. The number of nitrogens with one attached hydrogen (secondary N) is 2. The van der Waals surface area contributed by atoms with Gasteiger partial charge in [-0.05, 0) is 13.0 Å². The maximum absolute atomic E-state index is 12.1. The first kappa shape index (κ1) is 16.2. The molecule has 0 aliphatic rings. The van der Waals surface area contributed by atoms with Gasteiger partial charge in [-0.15, -0.1) is 11.3 Å². The second kappa shape index (κ2) is 7.22. The Morgan fingerprint density at radius 3 is 2.50 bits per heavy atom. The molecule has 0 radical (unpaired) electrons. The summed E-state index contributed by atoms with van der Waals surface area (Å²) in [6.45, 7) is 6.64. The summed E-state index contributed by atoms with van der Waals surface area (Å²) in [7, 11) is 0. The van der Waals surface area contributed by atoms with E-state index in [-0.39, 0.29) is 11.8 Å². The van der Waals surface area contributed by atoms with Crippen molar-refractivity contribution in [2.45, 2.75) is 26.7 Å². The minimum Gasteiger partial charge on any atom is -0.472 e. The lowest BCUT2D eigenvalue weighted by Crippen LogP contribution is -2.34. The third kappa shape index (κ3) is 3.94. The molecule has 0 unspecified atom stereocenters. The molecule has 0 aliphatic heterocycles. The van der Waals surface area contributed by atoms with Crippen LogP contribution < -0.4 is 10.6 Å². The monoisotopic (exact) mass is 321 g/mol. The van der Waals surface area contributed by atoms with Crippen LogP contribution in [-0.4, -0.2) is 29.9 Å². The number of furan rings is 1. The number of carbonyl (C=O) groups is 2.